The lowest BCUT2D eigenvalue weighted by Gasteiger charge is -2.35. The molecule has 168 valence electrons. The molecule has 2 N–H and O–H groups in total. The molecular formula is C22H27N7O3. The highest BCUT2D eigenvalue weighted by Gasteiger charge is 2.42. The summed E-state index contributed by atoms with van der Waals surface area (Å²) in [7, 11) is 0. The first-order chi connectivity index (χ1) is 15.6. The SMILES string of the molecule is CC(=O)C1Oc2cnc(Nc3ccc(N4CCNCC4)cn3)nc2N(C2CCCC2)C1=O. The van der Waals surface area contributed by atoms with Crippen molar-refractivity contribution in [2.24, 2.45) is 0 Å². The second-order valence-electron chi connectivity index (χ2n) is 8.40. The third-order valence-electron chi connectivity index (χ3n) is 6.20. The van der Waals surface area contributed by atoms with Crippen LogP contribution in [0.1, 0.15) is 32.6 Å². The first-order valence-electron chi connectivity index (χ1n) is 11.2. The quantitative estimate of drug-likeness (QED) is 0.674. The van der Waals surface area contributed by atoms with Crippen molar-refractivity contribution in [3.63, 3.8) is 0 Å². The zero-order chi connectivity index (χ0) is 22.1. The molecule has 2 aromatic rings. The number of amides is 1. The van der Waals surface area contributed by atoms with Crippen molar-refractivity contribution in [3.05, 3.63) is 24.5 Å². The van der Waals surface area contributed by atoms with Crippen LogP contribution in [0.15, 0.2) is 24.5 Å². The lowest BCUT2D eigenvalue weighted by atomic mass is 10.1. The van der Waals surface area contributed by atoms with Crippen LogP contribution in [-0.4, -0.2) is 65.0 Å². The number of ketones is 1. The number of piperazine rings is 1. The summed E-state index contributed by atoms with van der Waals surface area (Å²) >= 11 is 0. The predicted octanol–water partition coefficient (Wildman–Crippen LogP) is 1.65. The predicted molar refractivity (Wildman–Crippen MR) is 119 cm³/mol. The topological polar surface area (TPSA) is 113 Å². The van der Waals surface area contributed by atoms with Gasteiger partial charge in [-0.05, 0) is 31.9 Å². The Morgan fingerprint density at radius 1 is 1.16 bits per heavy atom. The third-order valence-corrected chi connectivity index (χ3v) is 6.20. The summed E-state index contributed by atoms with van der Waals surface area (Å²) in [4.78, 5) is 42.4. The molecule has 1 aliphatic carbocycles. The van der Waals surface area contributed by atoms with E-state index in [9.17, 15) is 9.59 Å². The Hall–Kier alpha value is -3.27. The van der Waals surface area contributed by atoms with Gasteiger partial charge in [-0.3, -0.25) is 14.5 Å². The van der Waals surface area contributed by atoms with Crippen LogP contribution < -0.4 is 25.2 Å². The van der Waals surface area contributed by atoms with Gasteiger partial charge in [0, 0.05) is 32.2 Å². The number of nitrogens with one attached hydrogen (secondary N) is 2. The van der Waals surface area contributed by atoms with Crippen LogP contribution in [0, 0.1) is 0 Å². The van der Waals surface area contributed by atoms with Crippen molar-refractivity contribution < 1.29 is 14.3 Å². The van der Waals surface area contributed by atoms with Crippen LogP contribution in [0.25, 0.3) is 0 Å². The van der Waals surface area contributed by atoms with E-state index < -0.39 is 6.10 Å². The second kappa shape index (κ2) is 8.70. The van der Waals surface area contributed by atoms with Gasteiger partial charge in [0.05, 0.1) is 18.1 Å². The maximum atomic E-state index is 13.1. The highest BCUT2D eigenvalue weighted by Crippen LogP contribution is 2.38. The Morgan fingerprint density at radius 3 is 2.62 bits per heavy atom. The van der Waals surface area contributed by atoms with E-state index in [0.717, 1.165) is 57.5 Å². The summed E-state index contributed by atoms with van der Waals surface area (Å²) in [5, 5.41) is 6.46. The number of pyridine rings is 1. The van der Waals surface area contributed by atoms with E-state index in [2.05, 4.69) is 30.5 Å². The monoisotopic (exact) mass is 437 g/mol. The number of rotatable bonds is 5. The zero-order valence-electron chi connectivity index (χ0n) is 18.1. The molecule has 0 aromatic carbocycles. The maximum Gasteiger partial charge on any atom is 0.277 e. The lowest BCUT2D eigenvalue weighted by molar-refractivity contribution is -0.136. The Kier molecular flexibility index (Phi) is 5.60. The van der Waals surface area contributed by atoms with E-state index in [4.69, 9.17) is 4.74 Å². The molecule has 1 saturated carbocycles. The van der Waals surface area contributed by atoms with Crippen molar-refractivity contribution in [1.29, 1.82) is 0 Å². The Morgan fingerprint density at radius 2 is 1.94 bits per heavy atom. The number of fused-ring (bicyclic) bond motifs is 1. The van der Waals surface area contributed by atoms with Crippen molar-refractivity contribution >= 4 is 35.0 Å². The smallest absolute Gasteiger partial charge is 0.277 e. The number of hydrogen-bond donors (Lipinski definition) is 2. The summed E-state index contributed by atoms with van der Waals surface area (Å²) in [6.45, 7) is 5.20. The fourth-order valence-corrected chi connectivity index (χ4v) is 4.54. The maximum absolute atomic E-state index is 13.1. The molecule has 1 atom stereocenters. The van der Waals surface area contributed by atoms with Crippen LogP contribution in [0.4, 0.5) is 23.3 Å². The minimum Gasteiger partial charge on any atom is -0.467 e. The number of carbonyl (C=O) groups excluding carboxylic acids is 2. The molecule has 32 heavy (non-hydrogen) atoms. The highest BCUT2D eigenvalue weighted by atomic mass is 16.5. The molecule has 0 radical (unpaired) electrons. The highest BCUT2D eigenvalue weighted by molar-refractivity contribution is 6.12. The molecule has 5 rings (SSSR count). The lowest BCUT2D eigenvalue weighted by Crippen LogP contribution is -2.53. The first kappa shape index (κ1) is 20.6. The van der Waals surface area contributed by atoms with Crippen molar-refractivity contribution in [3.8, 4) is 5.75 Å². The molecule has 4 heterocycles. The van der Waals surface area contributed by atoms with Gasteiger partial charge in [0.1, 0.15) is 5.82 Å². The van der Waals surface area contributed by atoms with Crippen molar-refractivity contribution in [2.45, 2.75) is 44.8 Å². The largest absolute Gasteiger partial charge is 0.467 e. The molecule has 3 aliphatic rings. The van der Waals surface area contributed by atoms with E-state index in [-0.39, 0.29) is 17.7 Å². The van der Waals surface area contributed by atoms with Gasteiger partial charge in [-0.25, -0.2) is 9.97 Å². The Balaban J connectivity index is 1.38. The molecule has 0 bridgehead atoms. The number of nitrogens with zero attached hydrogens (tertiary/aromatic N) is 5. The number of hydrogen-bond acceptors (Lipinski definition) is 9. The molecule has 1 saturated heterocycles. The minimum atomic E-state index is -1.13. The molecule has 2 fully saturated rings. The van der Waals surface area contributed by atoms with E-state index in [1.54, 1.807) is 4.90 Å². The van der Waals surface area contributed by atoms with Crippen molar-refractivity contribution in [1.82, 2.24) is 20.3 Å². The van der Waals surface area contributed by atoms with E-state index in [0.29, 0.717) is 23.3 Å². The summed E-state index contributed by atoms with van der Waals surface area (Å²) in [6, 6.07) is 3.93. The number of aromatic nitrogens is 3. The standard InChI is InChI=1S/C22H27N7O3/c1-14(30)19-21(31)29(15-4-2-3-5-15)20-17(32-19)13-25-22(27-20)26-18-7-6-16(12-24-18)28-10-8-23-9-11-28/h6-7,12-13,15,19,23H,2-5,8-11H2,1H3,(H,24,25,26,27). The Labute approximate surface area is 186 Å². The average Bonchev–Trinajstić information content (AvgIpc) is 3.34. The molecule has 1 unspecified atom stereocenters. The third kappa shape index (κ3) is 3.97. The number of Topliss-reactive ketones (excluding diaryl/α,β-unsaturated/α-hetero) is 1. The molecule has 10 nitrogen and oxygen atoms in total. The summed E-state index contributed by atoms with van der Waals surface area (Å²) in [5.41, 5.74) is 1.07. The molecule has 2 aromatic heterocycles. The van der Waals surface area contributed by atoms with Gasteiger partial charge in [0.15, 0.2) is 17.4 Å². The van der Waals surface area contributed by atoms with Gasteiger partial charge < -0.3 is 20.3 Å². The normalized spacial score (nSPS) is 21.3. The van der Waals surface area contributed by atoms with Crippen molar-refractivity contribution in [2.75, 3.05) is 41.3 Å². The van der Waals surface area contributed by atoms with Gasteiger partial charge in [-0.2, -0.15) is 4.98 Å². The molecule has 10 heteroatoms. The Bertz CT molecular complexity index is 1000. The zero-order valence-corrected chi connectivity index (χ0v) is 18.1. The second-order valence-corrected chi connectivity index (χ2v) is 8.40. The first-order valence-corrected chi connectivity index (χ1v) is 11.2. The molecular weight excluding hydrogens is 410 g/mol. The fraction of sp³-hybridized carbons (Fsp3) is 0.500. The van der Waals surface area contributed by atoms with E-state index >= 15 is 0 Å². The van der Waals surface area contributed by atoms with Crippen LogP contribution in [0.3, 0.4) is 0 Å². The fourth-order valence-electron chi connectivity index (χ4n) is 4.54. The minimum absolute atomic E-state index is 0.0196. The van der Waals surface area contributed by atoms with Crippen LogP contribution in [0.5, 0.6) is 5.75 Å². The van der Waals surface area contributed by atoms with Crippen LogP contribution >= 0.6 is 0 Å². The van der Waals surface area contributed by atoms with Crippen LogP contribution in [-0.2, 0) is 9.59 Å². The summed E-state index contributed by atoms with van der Waals surface area (Å²) in [5.74, 6) is 1.03. The molecule has 2 aliphatic heterocycles. The molecule has 0 spiro atoms. The van der Waals surface area contributed by atoms with E-state index in [1.807, 2.05) is 18.3 Å². The van der Waals surface area contributed by atoms with Gasteiger partial charge in [-0.15, -0.1) is 0 Å². The van der Waals surface area contributed by atoms with Gasteiger partial charge in [-0.1, -0.05) is 12.8 Å². The van der Waals surface area contributed by atoms with Crippen LogP contribution in [0.2, 0.25) is 0 Å². The summed E-state index contributed by atoms with van der Waals surface area (Å²) in [6.07, 6.45) is 6.09. The number of ether oxygens (including phenoxy) is 1. The average molecular weight is 438 g/mol. The van der Waals surface area contributed by atoms with Gasteiger partial charge in [0.2, 0.25) is 12.1 Å². The molecule has 1 amide bonds. The van der Waals surface area contributed by atoms with E-state index in [1.165, 1.54) is 13.1 Å². The van der Waals surface area contributed by atoms with Gasteiger partial charge in [0.25, 0.3) is 5.91 Å². The summed E-state index contributed by atoms with van der Waals surface area (Å²) < 4.78 is 5.66. The number of carbonyl (C=O) groups is 2. The number of anilines is 4. The van der Waals surface area contributed by atoms with Gasteiger partial charge >= 0.3 is 0 Å².